The third-order valence-electron chi connectivity index (χ3n) is 5.40. The Balaban J connectivity index is 1.61. The molecule has 1 saturated carbocycles. The highest BCUT2D eigenvalue weighted by atomic mass is 16.5. The molecule has 0 aliphatic heterocycles. The molecule has 0 bridgehead atoms. The van der Waals surface area contributed by atoms with Gasteiger partial charge in [0.25, 0.3) is 5.91 Å². The molecule has 3 aromatic rings. The summed E-state index contributed by atoms with van der Waals surface area (Å²) in [5, 5.41) is 7.91. The topological polar surface area (TPSA) is 86.1 Å². The van der Waals surface area contributed by atoms with Crippen LogP contribution in [-0.2, 0) is 9.53 Å². The molecule has 1 N–H and O–H groups in total. The first-order chi connectivity index (χ1) is 14.4. The minimum Gasteiger partial charge on any atom is -0.452 e. The fourth-order valence-electron chi connectivity index (χ4n) is 3.54. The van der Waals surface area contributed by atoms with Gasteiger partial charge in [0.15, 0.2) is 12.3 Å². The Kier molecular flexibility index (Phi) is 5.53. The van der Waals surface area contributed by atoms with Crippen molar-refractivity contribution < 1.29 is 14.3 Å². The van der Waals surface area contributed by atoms with Gasteiger partial charge in [-0.15, -0.1) is 0 Å². The smallest absolute Gasteiger partial charge is 0.339 e. The Morgan fingerprint density at radius 2 is 1.93 bits per heavy atom. The second-order valence-corrected chi connectivity index (χ2v) is 8.11. The number of benzene rings is 1. The van der Waals surface area contributed by atoms with Crippen molar-refractivity contribution in [2.24, 2.45) is 5.92 Å². The van der Waals surface area contributed by atoms with Gasteiger partial charge >= 0.3 is 5.97 Å². The number of hydrogen-bond donors (Lipinski definition) is 1. The van der Waals surface area contributed by atoms with Gasteiger partial charge in [0, 0.05) is 17.6 Å². The fraction of sp³-hybridized carbons (Fsp3) is 0.391. The largest absolute Gasteiger partial charge is 0.452 e. The molecule has 2 aromatic heterocycles. The maximum absolute atomic E-state index is 12.9. The second-order valence-electron chi connectivity index (χ2n) is 8.11. The molecule has 0 unspecified atom stereocenters. The van der Waals surface area contributed by atoms with Gasteiger partial charge in [-0.05, 0) is 45.6 Å². The zero-order valence-corrected chi connectivity index (χ0v) is 17.5. The molecule has 7 heteroatoms. The van der Waals surface area contributed by atoms with Gasteiger partial charge in [-0.2, -0.15) is 5.10 Å². The number of fused-ring (bicyclic) bond motifs is 1. The molecule has 0 saturated heterocycles. The van der Waals surface area contributed by atoms with E-state index >= 15 is 0 Å². The molecule has 1 aromatic carbocycles. The quantitative estimate of drug-likeness (QED) is 0.604. The van der Waals surface area contributed by atoms with E-state index in [1.165, 1.54) is 0 Å². The molecule has 0 spiro atoms. The summed E-state index contributed by atoms with van der Waals surface area (Å²) in [6.07, 6.45) is 3.90. The Hall–Kier alpha value is -3.22. The summed E-state index contributed by atoms with van der Waals surface area (Å²) in [5.41, 5.74) is 2.52. The van der Waals surface area contributed by atoms with Crippen LogP contribution >= 0.6 is 0 Å². The Morgan fingerprint density at radius 3 is 2.60 bits per heavy atom. The standard InChI is InChI=1S/C23H26N4O3/c1-14(2)27-22-19(12-24-27)18(11-20(26-22)17-7-5-4-6-8-17)23(29)30-13-21(28)25-15(3)16-9-10-16/h4-8,11-12,14-16H,9-10,13H2,1-3H3,(H,25,28)/t15-/m1/s1. The van der Waals surface area contributed by atoms with Crippen LogP contribution in [0.5, 0.6) is 0 Å². The molecule has 30 heavy (non-hydrogen) atoms. The Labute approximate surface area is 175 Å². The van der Waals surface area contributed by atoms with E-state index in [0.717, 1.165) is 18.4 Å². The number of ether oxygens (including phenoxy) is 1. The highest BCUT2D eigenvalue weighted by Crippen LogP contribution is 2.32. The number of carbonyl (C=O) groups excluding carboxylic acids is 2. The van der Waals surface area contributed by atoms with Gasteiger partial charge in [0.1, 0.15) is 0 Å². The lowest BCUT2D eigenvalue weighted by molar-refractivity contribution is -0.124. The van der Waals surface area contributed by atoms with Crippen LogP contribution in [0.25, 0.3) is 22.3 Å². The van der Waals surface area contributed by atoms with Crippen LogP contribution in [0.3, 0.4) is 0 Å². The maximum Gasteiger partial charge on any atom is 0.339 e. The summed E-state index contributed by atoms with van der Waals surface area (Å²) >= 11 is 0. The van der Waals surface area contributed by atoms with E-state index in [-0.39, 0.29) is 24.6 Å². The maximum atomic E-state index is 12.9. The van der Waals surface area contributed by atoms with Gasteiger partial charge in [-0.1, -0.05) is 30.3 Å². The molecule has 2 heterocycles. The van der Waals surface area contributed by atoms with Crippen LogP contribution in [0, 0.1) is 5.92 Å². The number of aromatic nitrogens is 3. The van der Waals surface area contributed by atoms with Gasteiger partial charge in [0.05, 0.1) is 22.8 Å². The van der Waals surface area contributed by atoms with Crippen molar-refractivity contribution in [2.75, 3.05) is 6.61 Å². The zero-order valence-electron chi connectivity index (χ0n) is 17.5. The van der Waals surface area contributed by atoms with Crippen molar-refractivity contribution in [3.05, 3.63) is 48.2 Å². The van der Waals surface area contributed by atoms with Crippen molar-refractivity contribution in [3.8, 4) is 11.3 Å². The first-order valence-electron chi connectivity index (χ1n) is 10.3. The number of nitrogens with zero attached hydrogens (tertiary/aromatic N) is 3. The normalized spacial score (nSPS) is 14.7. The molecule has 7 nitrogen and oxygen atoms in total. The summed E-state index contributed by atoms with van der Waals surface area (Å²) in [6.45, 7) is 5.69. The van der Waals surface area contributed by atoms with Crippen molar-refractivity contribution in [1.82, 2.24) is 20.1 Å². The number of hydrogen-bond acceptors (Lipinski definition) is 5. The minimum atomic E-state index is -0.558. The lowest BCUT2D eigenvalue weighted by Crippen LogP contribution is -2.37. The van der Waals surface area contributed by atoms with E-state index in [1.807, 2.05) is 51.1 Å². The van der Waals surface area contributed by atoms with E-state index in [9.17, 15) is 9.59 Å². The molecular weight excluding hydrogens is 380 g/mol. The molecule has 4 rings (SSSR count). The van der Waals surface area contributed by atoms with E-state index in [0.29, 0.717) is 28.2 Å². The summed E-state index contributed by atoms with van der Waals surface area (Å²) in [5.74, 6) is -0.300. The highest BCUT2D eigenvalue weighted by molar-refractivity contribution is 6.04. The van der Waals surface area contributed by atoms with E-state index < -0.39 is 5.97 Å². The van der Waals surface area contributed by atoms with Crippen LogP contribution in [0.2, 0.25) is 0 Å². The van der Waals surface area contributed by atoms with Crippen LogP contribution in [0.1, 0.15) is 50.0 Å². The summed E-state index contributed by atoms with van der Waals surface area (Å²) < 4.78 is 7.12. The lowest BCUT2D eigenvalue weighted by atomic mass is 10.1. The first-order valence-corrected chi connectivity index (χ1v) is 10.3. The van der Waals surface area contributed by atoms with Crippen molar-refractivity contribution >= 4 is 22.9 Å². The number of rotatable bonds is 7. The van der Waals surface area contributed by atoms with E-state index in [2.05, 4.69) is 10.4 Å². The molecule has 1 amide bonds. The molecule has 1 atom stereocenters. The van der Waals surface area contributed by atoms with Crippen LogP contribution in [-0.4, -0.2) is 39.3 Å². The SMILES string of the molecule is CC(C)n1ncc2c(C(=O)OCC(=O)N[C@H](C)C3CC3)cc(-c3ccccc3)nc21. The number of amides is 1. The Bertz CT molecular complexity index is 1070. The predicted molar refractivity (Wildman–Crippen MR) is 114 cm³/mol. The number of carbonyl (C=O) groups is 2. The lowest BCUT2D eigenvalue weighted by Gasteiger charge is -2.13. The van der Waals surface area contributed by atoms with Crippen LogP contribution < -0.4 is 5.32 Å². The highest BCUT2D eigenvalue weighted by Gasteiger charge is 2.29. The van der Waals surface area contributed by atoms with Crippen LogP contribution in [0.4, 0.5) is 0 Å². The first kappa shape index (κ1) is 20.1. The molecule has 1 aliphatic carbocycles. The molecule has 1 fully saturated rings. The number of nitrogens with one attached hydrogen (secondary N) is 1. The average Bonchev–Trinajstić information content (AvgIpc) is 3.50. The van der Waals surface area contributed by atoms with Gasteiger partial charge < -0.3 is 10.1 Å². The third kappa shape index (κ3) is 4.20. The Morgan fingerprint density at radius 1 is 1.20 bits per heavy atom. The van der Waals surface area contributed by atoms with Gasteiger partial charge in [-0.25, -0.2) is 14.5 Å². The fourth-order valence-corrected chi connectivity index (χ4v) is 3.54. The summed E-state index contributed by atoms with van der Waals surface area (Å²) in [7, 11) is 0. The average molecular weight is 406 g/mol. The number of pyridine rings is 1. The molecule has 1 aliphatic rings. The van der Waals surface area contributed by atoms with Gasteiger partial charge in [-0.3, -0.25) is 4.79 Å². The third-order valence-corrected chi connectivity index (χ3v) is 5.40. The second kappa shape index (κ2) is 8.26. The molecule has 156 valence electrons. The van der Waals surface area contributed by atoms with Crippen LogP contribution in [0.15, 0.2) is 42.6 Å². The summed E-state index contributed by atoms with van der Waals surface area (Å²) in [6, 6.07) is 11.5. The summed E-state index contributed by atoms with van der Waals surface area (Å²) in [4.78, 5) is 29.8. The van der Waals surface area contributed by atoms with Crippen molar-refractivity contribution in [2.45, 2.75) is 45.7 Å². The van der Waals surface area contributed by atoms with Crippen molar-refractivity contribution in [3.63, 3.8) is 0 Å². The monoisotopic (exact) mass is 406 g/mol. The van der Waals surface area contributed by atoms with E-state index in [1.54, 1.807) is 16.9 Å². The predicted octanol–water partition coefficient (Wildman–Crippen LogP) is 3.75. The van der Waals surface area contributed by atoms with Crippen molar-refractivity contribution in [1.29, 1.82) is 0 Å². The van der Waals surface area contributed by atoms with Gasteiger partial charge in [0.2, 0.25) is 0 Å². The van der Waals surface area contributed by atoms with E-state index in [4.69, 9.17) is 9.72 Å². The minimum absolute atomic E-state index is 0.0829. The molecular formula is C23H26N4O3. The molecule has 0 radical (unpaired) electrons. The number of esters is 1. The zero-order chi connectivity index (χ0) is 21.3.